The van der Waals surface area contributed by atoms with Crippen molar-refractivity contribution in [1.82, 2.24) is 0 Å². The molecule has 0 saturated carbocycles. The molecule has 176 valence electrons. The number of nitro groups is 1. The molecule has 9 nitrogen and oxygen atoms in total. The molecule has 0 spiro atoms. The fourth-order valence-electron chi connectivity index (χ4n) is 3.89. The van der Waals surface area contributed by atoms with Crippen LogP contribution in [-0.4, -0.2) is 27.6 Å². The first kappa shape index (κ1) is 23.7. The molecule has 0 aromatic heterocycles. The Morgan fingerprint density at radius 2 is 1.71 bits per heavy atom. The van der Waals surface area contributed by atoms with E-state index in [1.807, 2.05) is 0 Å². The van der Waals surface area contributed by atoms with Gasteiger partial charge in [-0.1, -0.05) is 23.7 Å². The van der Waals surface area contributed by atoms with Gasteiger partial charge in [0.15, 0.2) is 0 Å². The highest BCUT2D eigenvalue weighted by Crippen LogP contribution is 2.43. The number of benzene rings is 3. The molecule has 2 N–H and O–H groups in total. The summed E-state index contributed by atoms with van der Waals surface area (Å²) in [5.74, 6) is -2.57. The quantitative estimate of drug-likeness (QED) is 0.173. The molecule has 0 bridgehead atoms. The normalized spacial score (nSPS) is 16.9. The number of Topliss-reactive ketones (excluding diaryl/α,β-unsaturated/α-hetero) is 1. The van der Waals surface area contributed by atoms with Gasteiger partial charge in [0.2, 0.25) is 5.91 Å². The van der Waals surface area contributed by atoms with Crippen molar-refractivity contribution in [2.24, 2.45) is 0 Å². The number of hydrogen-bond donors (Lipinski definition) is 2. The van der Waals surface area contributed by atoms with Gasteiger partial charge in [0.05, 0.1) is 16.5 Å². The minimum absolute atomic E-state index is 0.219. The smallest absolute Gasteiger partial charge is 0.300 e. The molecule has 2 amide bonds. The van der Waals surface area contributed by atoms with E-state index in [0.717, 1.165) is 0 Å². The molecular weight excluding hydrogens is 474 g/mol. The minimum Gasteiger partial charge on any atom is -0.507 e. The summed E-state index contributed by atoms with van der Waals surface area (Å²) in [6, 6.07) is 16.6. The largest absolute Gasteiger partial charge is 0.507 e. The Kier molecular flexibility index (Phi) is 6.35. The third-order valence-corrected chi connectivity index (χ3v) is 5.68. The van der Waals surface area contributed by atoms with E-state index in [4.69, 9.17) is 11.6 Å². The number of carbonyl (C=O) groups is 3. The summed E-state index contributed by atoms with van der Waals surface area (Å²) in [6.45, 7) is 1.35. The average Bonchev–Trinajstić information content (AvgIpc) is 3.10. The van der Waals surface area contributed by atoms with E-state index < -0.39 is 28.4 Å². The third-order valence-electron chi connectivity index (χ3n) is 5.42. The lowest BCUT2D eigenvalue weighted by atomic mass is 9.95. The second-order valence-electron chi connectivity index (χ2n) is 7.76. The summed E-state index contributed by atoms with van der Waals surface area (Å²) in [4.78, 5) is 49.6. The molecule has 1 saturated heterocycles. The number of nitro benzene ring substituents is 1. The third kappa shape index (κ3) is 4.62. The Hall–Kier alpha value is -4.50. The molecule has 1 atom stereocenters. The molecule has 0 aliphatic carbocycles. The molecular formula is C25H18ClN3O6. The van der Waals surface area contributed by atoms with Crippen LogP contribution < -0.4 is 10.2 Å². The van der Waals surface area contributed by atoms with E-state index in [1.165, 1.54) is 72.5 Å². The highest BCUT2D eigenvalue weighted by molar-refractivity contribution is 6.51. The first-order valence-corrected chi connectivity index (χ1v) is 10.7. The van der Waals surface area contributed by atoms with Crippen LogP contribution >= 0.6 is 11.6 Å². The van der Waals surface area contributed by atoms with Gasteiger partial charge in [-0.15, -0.1) is 0 Å². The molecule has 1 aliphatic heterocycles. The van der Waals surface area contributed by atoms with Gasteiger partial charge in [0.1, 0.15) is 5.76 Å². The van der Waals surface area contributed by atoms with Gasteiger partial charge in [0, 0.05) is 41.0 Å². The standard InChI is InChI=1S/C25H18ClN3O6/c1-14(30)27-18-9-11-19(12-10-18)28-22(16-3-2-4-20(13-16)29(34)35)21(24(32)25(28)33)23(31)15-5-7-17(26)8-6-15/h2-13,22,31H,1H3,(H,27,30)/b23-21+/t22-/m1/s1. The summed E-state index contributed by atoms with van der Waals surface area (Å²) in [5, 5.41) is 25.5. The fourth-order valence-corrected chi connectivity index (χ4v) is 4.02. The molecule has 4 rings (SSSR count). The topological polar surface area (TPSA) is 130 Å². The van der Waals surface area contributed by atoms with Gasteiger partial charge < -0.3 is 10.4 Å². The molecule has 1 heterocycles. The number of non-ortho nitro benzene ring substituents is 1. The van der Waals surface area contributed by atoms with Crippen molar-refractivity contribution in [2.75, 3.05) is 10.2 Å². The van der Waals surface area contributed by atoms with Crippen LogP contribution in [0.4, 0.5) is 17.1 Å². The Balaban J connectivity index is 1.90. The number of halogens is 1. The zero-order valence-corrected chi connectivity index (χ0v) is 19.0. The summed E-state index contributed by atoms with van der Waals surface area (Å²) in [6.07, 6.45) is 0. The molecule has 1 aliphatic rings. The predicted octanol–water partition coefficient (Wildman–Crippen LogP) is 4.83. The number of anilines is 2. The number of ketones is 1. The van der Waals surface area contributed by atoms with Crippen molar-refractivity contribution in [1.29, 1.82) is 0 Å². The number of rotatable bonds is 5. The first-order valence-electron chi connectivity index (χ1n) is 10.4. The van der Waals surface area contributed by atoms with Crippen LogP contribution in [0, 0.1) is 10.1 Å². The molecule has 10 heteroatoms. The van der Waals surface area contributed by atoms with E-state index in [-0.39, 0.29) is 28.3 Å². The van der Waals surface area contributed by atoms with E-state index in [9.17, 15) is 29.6 Å². The maximum absolute atomic E-state index is 13.2. The second kappa shape index (κ2) is 9.40. The van der Waals surface area contributed by atoms with E-state index in [2.05, 4.69) is 5.32 Å². The van der Waals surface area contributed by atoms with Gasteiger partial charge >= 0.3 is 0 Å². The number of aliphatic hydroxyl groups excluding tert-OH is 1. The van der Waals surface area contributed by atoms with Gasteiger partial charge in [-0.2, -0.15) is 0 Å². The number of amides is 2. The molecule has 0 unspecified atom stereocenters. The van der Waals surface area contributed by atoms with Crippen LogP contribution in [-0.2, 0) is 14.4 Å². The highest BCUT2D eigenvalue weighted by Gasteiger charge is 2.47. The minimum atomic E-state index is -1.14. The van der Waals surface area contributed by atoms with E-state index >= 15 is 0 Å². The summed E-state index contributed by atoms with van der Waals surface area (Å²) >= 11 is 5.93. The Morgan fingerprint density at radius 1 is 1.06 bits per heavy atom. The summed E-state index contributed by atoms with van der Waals surface area (Å²) in [7, 11) is 0. The van der Waals surface area contributed by atoms with Crippen LogP contribution in [0.25, 0.3) is 5.76 Å². The molecule has 3 aromatic rings. The number of nitrogens with zero attached hydrogens (tertiary/aromatic N) is 2. The number of hydrogen-bond acceptors (Lipinski definition) is 6. The monoisotopic (exact) mass is 491 g/mol. The van der Waals surface area contributed by atoms with Crippen molar-refractivity contribution in [3.63, 3.8) is 0 Å². The van der Waals surface area contributed by atoms with Crippen molar-refractivity contribution in [3.05, 3.63) is 105 Å². The average molecular weight is 492 g/mol. The van der Waals surface area contributed by atoms with Gasteiger partial charge in [0.25, 0.3) is 17.4 Å². The van der Waals surface area contributed by atoms with Crippen LogP contribution in [0.2, 0.25) is 5.02 Å². The number of carbonyl (C=O) groups excluding carboxylic acids is 3. The van der Waals surface area contributed by atoms with Crippen LogP contribution in [0.5, 0.6) is 0 Å². The van der Waals surface area contributed by atoms with Crippen LogP contribution in [0.1, 0.15) is 24.1 Å². The fraction of sp³-hybridized carbons (Fsp3) is 0.0800. The van der Waals surface area contributed by atoms with Crippen molar-refractivity contribution in [2.45, 2.75) is 13.0 Å². The summed E-state index contributed by atoms with van der Waals surface area (Å²) < 4.78 is 0. The lowest BCUT2D eigenvalue weighted by Crippen LogP contribution is -2.29. The number of nitrogens with one attached hydrogen (secondary N) is 1. The lowest BCUT2D eigenvalue weighted by Gasteiger charge is -2.25. The zero-order chi connectivity index (χ0) is 25.3. The van der Waals surface area contributed by atoms with Crippen molar-refractivity contribution >= 4 is 52.0 Å². The van der Waals surface area contributed by atoms with Gasteiger partial charge in [-0.3, -0.25) is 29.4 Å². The SMILES string of the molecule is CC(=O)Nc1ccc(N2C(=O)C(=O)/C(=C(/O)c3ccc(Cl)cc3)[C@H]2c2cccc([N+](=O)[O-])c2)cc1. The first-order chi connectivity index (χ1) is 16.7. The van der Waals surface area contributed by atoms with E-state index in [1.54, 1.807) is 12.1 Å². The molecule has 3 aromatic carbocycles. The van der Waals surface area contributed by atoms with Crippen LogP contribution in [0.3, 0.4) is 0 Å². The van der Waals surface area contributed by atoms with Crippen molar-refractivity contribution < 1.29 is 24.4 Å². The second-order valence-corrected chi connectivity index (χ2v) is 8.19. The molecule has 0 radical (unpaired) electrons. The van der Waals surface area contributed by atoms with Crippen LogP contribution in [0.15, 0.2) is 78.4 Å². The maximum atomic E-state index is 13.2. The zero-order valence-electron chi connectivity index (χ0n) is 18.3. The van der Waals surface area contributed by atoms with Gasteiger partial charge in [-0.25, -0.2) is 0 Å². The van der Waals surface area contributed by atoms with Crippen molar-refractivity contribution in [3.8, 4) is 0 Å². The summed E-state index contributed by atoms with van der Waals surface area (Å²) in [5.41, 5.74) is 0.840. The lowest BCUT2D eigenvalue weighted by molar-refractivity contribution is -0.384. The Morgan fingerprint density at radius 3 is 2.31 bits per heavy atom. The predicted molar refractivity (Wildman–Crippen MR) is 130 cm³/mol. The molecule has 1 fully saturated rings. The Bertz CT molecular complexity index is 1380. The molecule has 35 heavy (non-hydrogen) atoms. The maximum Gasteiger partial charge on any atom is 0.300 e. The van der Waals surface area contributed by atoms with Gasteiger partial charge in [-0.05, 0) is 54.1 Å². The number of aliphatic hydroxyl groups is 1. The Labute approximate surface area is 204 Å². The van der Waals surface area contributed by atoms with E-state index in [0.29, 0.717) is 16.4 Å². The highest BCUT2D eigenvalue weighted by atomic mass is 35.5.